The molecule has 0 saturated carbocycles. The van der Waals surface area contributed by atoms with Gasteiger partial charge in [0.25, 0.3) is 0 Å². The third-order valence-electron chi connectivity index (χ3n) is 5.61. The van der Waals surface area contributed by atoms with Gasteiger partial charge in [0.1, 0.15) is 0 Å². The SMILES string of the molecule is CCCO[Si](C[Si](OCCC)(C(C)C)C(C)C)(C(C)C)C(C)C. The minimum absolute atomic E-state index is 0.642. The van der Waals surface area contributed by atoms with E-state index in [1.165, 1.54) is 5.67 Å². The van der Waals surface area contributed by atoms with Crippen molar-refractivity contribution in [3.63, 3.8) is 0 Å². The summed E-state index contributed by atoms with van der Waals surface area (Å²) in [7, 11) is -3.69. The maximum atomic E-state index is 6.73. The molecule has 0 amide bonds. The second kappa shape index (κ2) is 10.4. The van der Waals surface area contributed by atoms with E-state index in [0.29, 0.717) is 22.2 Å². The maximum absolute atomic E-state index is 6.73. The Morgan fingerprint density at radius 2 is 0.826 bits per heavy atom. The minimum Gasteiger partial charge on any atom is -0.417 e. The van der Waals surface area contributed by atoms with Crippen molar-refractivity contribution < 1.29 is 8.85 Å². The average molecular weight is 361 g/mol. The quantitative estimate of drug-likeness (QED) is 0.352. The third-order valence-corrected chi connectivity index (χ3v) is 19.3. The van der Waals surface area contributed by atoms with Gasteiger partial charge in [0, 0.05) is 13.2 Å². The molecular formula is C19H44O2Si2. The number of hydrogen-bond acceptors (Lipinski definition) is 2. The molecule has 0 aromatic heterocycles. The molecule has 0 N–H and O–H groups in total. The van der Waals surface area contributed by atoms with E-state index in [0.717, 1.165) is 26.1 Å². The van der Waals surface area contributed by atoms with Gasteiger partial charge in [-0.05, 0) is 40.7 Å². The van der Waals surface area contributed by atoms with Crippen LogP contribution in [-0.2, 0) is 8.85 Å². The zero-order chi connectivity index (χ0) is 18.3. The summed E-state index contributed by atoms with van der Waals surface area (Å²) in [4.78, 5) is 0. The molecule has 0 spiro atoms. The first-order valence-electron chi connectivity index (χ1n) is 9.88. The van der Waals surface area contributed by atoms with Crippen molar-refractivity contribution in [1.82, 2.24) is 0 Å². The van der Waals surface area contributed by atoms with Gasteiger partial charge in [-0.25, -0.2) is 0 Å². The van der Waals surface area contributed by atoms with Crippen LogP contribution >= 0.6 is 0 Å². The zero-order valence-corrected chi connectivity index (χ0v) is 19.7. The molecule has 0 bridgehead atoms. The summed E-state index contributed by atoms with van der Waals surface area (Å²) in [5.41, 5.74) is 3.82. The summed E-state index contributed by atoms with van der Waals surface area (Å²) < 4.78 is 13.5. The van der Waals surface area contributed by atoms with Crippen LogP contribution in [-0.4, -0.2) is 29.8 Å². The van der Waals surface area contributed by atoms with E-state index in [1.54, 1.807) is 0 Å². The van der Waals surface area contributed by atoms with Crippen LogP contribution in [0.4, 0.5) is 0 Å². The Hall–Kier alpha value is 0.354. The van der Waals surface area contributed by atoms with Crippen molar-refractivity contribution in [1.29, 1.82) is 0 Å². The van der Waals surface area contributed by atoms with E-state index in [1.807, 2.05) is 0 Å². The highest BCUT2D eigenvalue weighted by Crippen LogP contribution is 2.47. The smallest absolute Gasteiger partial charge is 0.197 e. The lowest BCUT2D eigenvalue weighted by atomic mass is 10.5. The summed E-state index contributed by atoms with van der Waals surface area (Å²) in [5.74, 6) is 0. The number of rotatable bonds is 12. The molecule has 0 unspecified atom stereocenters. The average Bonchev–Trinajstić information content (AvgIpc) is 2.45. The Labute approximate surface area is 149 Å². The fourth-order valence-corrected chi connectivity index (χ4v) is 19.9. The van der Waals surface area contributed by atoms with Crippen LogP contribution in [0.3, 0.4) is 0 Å². The fourth-order valence-electron chi connectivity index (χ4n) is 3.93. The summed E-state index contributed by atoms with van der Waals surface area (Å²) in [6.45, 7) is 25.4. The molecule has 4 heteroatoms. The van der Waals surface area contributed by atoms with Crippen molar-refractivity contribution in [2.45, 2.75) is 110 Å². The summed E-state index contributed by atoms with van der Waals surface area (Å²) >= 11 is 0. The molecule has 0 atom stereocenters. The molecule has 2 nitrogen and oxygen atoms in total. The Balaban J connectivity index is 5.82. The highest BCUT2D eigenvalue weighted by atomic mass is 28.4. The van der Waals surface area contributed by atoms with E-state index in [4.69, 9.17) is 8.85 Å². The van der Waals surface area contributed by atoms with Crippen LogP contribution in [0, 0.1) is 0 Å². The topological polar surface area (TPSA) is 18.5 Å². The van der Waals surface area contributed by atoms with Gasteiger partial charge in [0.15, 0.2) is 16.6 Å². The van der Waals surface area contributed by atoms with Gasteiger partial charge < -0.3 is 8.85 Å². The van der Waals surface area contributed by atoms with Crippen LogP contribution in [0.5, 0.6) is 0 Å². The molecule has 0 fully saturated rings. The highest BCUT2D eigenvalue weighted by Gasteiger charge is 2.53. The lowest BCUT2D eigenvalue weighted by Gasteiger charge is -2.48. The van der Waals surface area contributed by atoms with Crippen molar-refractivity contribution in [3.05, 3.63) is 0 Å². The van der Waals surface area contributed by atoms with E-state index in [2.05, 4.69) is 69.2 Å². The van der Waals surface area contributed by atoms with Gasteiger partial charge >= 0.3 is 0 Å². The number of hydrogen-bond donors (Lipinski definition) is 0. The van der Waals surface area contributed by atoms with Crippen LogP contribution in [0.25, 0.3) is 0 Å². The molecule has 0 heterocycles. The van der Waals surface area contributed by atoms with Gasteiger partial charge in [-0.1, -0.05) is 69.2 Å². The van der Waals surface area contributed by atoms with Crippen molar-refractivity contribution in [2.75, 3.05) is 13.2 Å². The molecule has 0 aliphatic heterocycles. The predicted molar refractivity (Wildman–Crippen MR) is 109 cm³/mol. The van der Waals surface area contributed by atoms with Crippen molar-refractivity contribution in [3.8, 4) is 0 Å². The largest absolute Gasteiger partial charge is 0.417 e. The molecule has 0 rings (SSSR count). The Morgan fingerprint density at radius 1 is 0.565 bits per heavy atom. The molecule has 140 valence electrons. The van der Waals surface area contributed by atoms with Gasteiger partial charge in [0.2, 0.25) is 0 Å². The van der Waals surface area contributed by atoms with Gasteiger partial charge in [-0.15, -0.1) is 0 Å². The summed E-state index contributed by atoms with van der Waals surface area (Å²) in [6.07, 6.45) is 2.23. The third kappa shape index (κ3) is 5.69. The molecule has 0 saturated heterocycles. The minimum atomic E-state index is -1.85. The molecule has 23 heavy (non-hydrogen) atoms. The molecule has 0 aliphatic carbocycles. The van der Waals surface area contributed by atoms with Gasteiger partial charge in [-0.3, -0.25) is 0 Å². The first-order chi connectivity index (χ1) is 10.6. The van der Waals surface area contributed by atoms with Crippen LogP contribution in [0.2, 0.25) is 27.8 Å². The monoisotopic (exact) mass is 360 g/mol. The second-order valence-electron chi connectivity index (χ2n) is 8.40. The summed E-state index contributed by atoms with van der Waals surface area (Å²) in [5, 5.41) is 0. The van der Waals surface area contributed by atoms with Crippen molar-refractivity contribution in [2.24, 2.45) is 0 Å². The Bertz CT molecular complexity index is 268. The van der Waals surface area contributed by atoms with Crippen molar-refractivity contribution >= 4 is 16.6 Å². The predicted octanol–water partition coefficient (Wildman–Crippen LogP) is 6.91. The first-order valence-corrected chi connectivity index (χ1v) is 14.4. The van der Waals surface area contributed by atoms with Gasteiger partial charge in [-0.2, -0.15) is 0 Å². The molecule has 0 aromatic rings. The van der Waals surface area contributed by atoms with Crippen LogP contribution in [0.1, 0.15) is 82.1 Å². The van der Waals surface area contributed by atoms with E-state index >= 15 is 0 Å². The maximum Gasteiger partial charge on any atom is 0.197 e. The molecule has 0 radical (unpaired) electrons. The molecular weight excluding hydrogens is 316 g/mol. The van der Waals surface area contributed by atoms with E-state index in [9.17, 15) is 0 Å². The highest BCUT2D eigenvalue weighted by molar-refractivity contribution is 6.94. The lowest BCUT2D eigenvalue weighted by Crippen LogP contribution is -2.57. The summed E-state index contributed by atoms with van der Waals surface area (Å²) in [6, 6.07) is 0. The lowest BCUT2D eigenvalue weighted by molar-refractivity contribution is 0.269. The van der Waals surface area contributed by atoms with Crippen LogP contribution < -0.4 is 0 Å². The molecule has 0 aliphatic rings. The van der Waals surface area contributed by atoms with Crippen LogP contribution in [0.15, 0.2) is 0 Å². The standard InChI is InChI=1S/C19H44O2Si2/c1-11-13-20-22(16(3)4,17(5)6)15-23(18(7)8,19(9)10)21-14-12-2/h16-19H,11-15H2,1-10H3. The molecule has 0 aromatic carbocycles. The van der Waals surface area contributed by atoms with E-state index < -0.39 is 16.6 Å². The first kappa shape index (κ1) is 23.4. The fraction of sp³-hybridized carbons (Fsp3) is 1.00. The second-order valence-corrected chi connectivity index (χ2v) is 18.8. The Morgan fingerprint density at radius 3 is 1.00 bits per heavy atom. The zero-order valence-electron chi connectivity index (χ0n) is 17.7. The normalized spacial score (nSPS) is 13.8. The Kier molecular flexibility index (Phi) is 10.5. The van der Waals surface area contributed by atoms with E-state index in [-0.39, 0.29) is 0 Å². The van der Waals surface area contributed by atoms with Gasteiger partial charge in [0.05, 0.1) is 0 Å².